The molecule has 5 nitrogen and oxygen atoms in total. The quantitative estimate of drug-likeness (QED) is 0.888. The minimum atomic E-state index is -0.625. The van der Waals surface area contributed by atoms with Gasteiger partial charge in [0.25, 0.3) is 5.91 Å². The topological polar surface area (TPSA) is 56.1 Å². The smallest absolute Gasteiger partial charge is 0.258 e. The lowest BCUT2D eigenvalue weighted by Gasteiger charge is -2.14. The van der Waals surface area contributed by atoms with E-state index in [1.54, 1.807) is 6.20 Å². The highest BCUT2D eigenvalue weighted by Crippen LogP contribution is 2.18. The number of methoxy groups -OCH3 is 1. The molecular weight excluding hydrogens is 266 g/mol. The number of rotatable bonds is 6. The van der Waals surface area contributed by atoms with Gasteiger partial charge < -0.3 is 10.1 Å². The molecule has 0 aliphatic carbocycles. The molecule has 0 aliphatic rings. The molecule has 112 valence electrons. The molecule has 21 heavy (non-hydrogen) atoms. The third kappa shape index (κ3) is 4.16. The van der Waals surface area contributed by atoms with E-state index < -0.39 is 6.10 Å². The van der Waals surface area contributed by atoms with E-state index in [1.165, 1.54) is 7.11 Å². The predicted octanol–water partition coefficient (Wildman–Crippen LogP) is 2.87. The van der Waals surface area contributed by atoms with Crippen LogP contribution < -0.4 is 5.32 Å². The summed E-state index contributed by atoms with van der Waals surface area (Å²) in [5.41, 5.74) is 1.51. The van der Waals surface area contributed by atoms with Crippen LogP contribution in [0.25, 0.3) is 0 Å². The summed E-state index contributed by atoms with van der Waals surface area (Å²) in [5.74, 6) is 0.303. The van der Waals surface area contributed by atoms with E-state index in [2.05, 4.69) is 24.3 Å². The molecule has 2 rings (SSSR count). The Morgan fingerprint density at radius 1 is 1.33 bits per heavy atom. The van der Waals surface area contributed by atoms with Crippen LogP contribution in [-0.4, -0.2) is 22.8 Å². The average Bonchev–Trinajstić information content (AvgIpc) is 2.87. The van der Waals surface area contributed by atoms with Crippen molar-refractivity contribution in [2.24, 2.45) is 5.92 Å². The van der Waals surface area contributed by atoms with E-state index in [0.717, 1.165) is 12.1 Å². The van der Waals surface area contributed by atoms with Gasteiger partial charge in [0.15, 0.2) is 6.10 Å². The van der Waals surface area contributed by atoms with Crippen molar-refractivity contribution < 1.29 is 9.53 Å². The number of nitrogens with zero attached hydrogens (tertiary/aromatic N) is 2. The van der Waals surface area contributed by atoms with Gasteiger partial charge in [-0.3, -0.25) is 9.48 Å². The van der Waals surface area contributed by atoms with Gasteiger partial charge in [0.1, 0.15) is 0 Å². The highest BCUT2D eigenvalue weighted by molar-refractivity contribution is 5.94. The Hall–Kier alpha value is -2.14. The fraction of sp³-hybridized carbons (Fsp3) is 0.375. The lowest BCUT2D eigenvalue weighted by atomic mass is 10.1. The zero-order valence-electron chi connectivity index (χ0n) is 12.6. The highest BCUT2D eigenvalue weighted by Gasteiger charge is 2.20. The van der Waals surface area contributed by atoms with Crippen molar-refractivity contribution in [3.63, 3.8) is 0 Å². The second-order valence-electron chi connectivity index (χ2n) is 5.36. The van der Waals surface area contributed by atoms with Gasteiger partial charge >= 0.3 is 0 Å². The maximum Gasteiger partial charge on any atom is 0.258 e. The predicted molar refractivity (Wildman–Crippen MR) is 81.9 cm³/mol. The van der Waals surface area contributed by atoms with Gasteiger partial charge in [-0.15, -0.1) is 0 Å². The van der Waals surface area contributed by atoms with Crippen molar-refractivity contribution >= 4 is 11.6 Å². The Labute approximate surface area is 124 Å². The van der Waals surface area contributed by atoms with E-state index in [1.807, 2.05) is 41.2 Å². The third-order valence-corrected chi connectivity index (χ3v) is 3.03. The fourth-order valence-electron chi connectivity index (χ4n) is 2.13. The minimum Gasteiger partial charge on any atom is -0.367 e. The Kier molecular flexibility index (Phi) is 5.11. The van der Waals surface area contributed by atoms with Crippen molar-refractivity contribution in [1.29, 1.82) is 0 Å². The van der Waals surface area contributed by atoms with Gasteiger partial charge in [0.2, 0.25) is 0 Å². The number of aromatic nitrogens is 2. The number of carbonyl (C=O) groups excluding carboxylic acids is 1. The molecule has 0 spiro atoms. The summed E-state index contributed by atoms with van der Waals surface area (Å²) in [6.07, 6.45) is 2.85. The Balaban J connectivity index is 2.04. The van der Waals surface area contributed by atoms with Crippen molar-refractivity contribution in [3.05, 3.63) is 48.3 Å². The number of hydrogen-bond acceptors (Lipinski definition) is 3. The van der Waals surface area contributed by atoms with E-state index in [0.29, 0.717) is 11.6 Å². The Bertz CT molecular complexity index is 578. The van der Waals surface area contributed by atoms with Crippen LogP contribution in [0.2, 0.25) is 0 Å². The van der Waals surface area contributed by atoms with Crippen molar-refractivity contribution in [2.75, 3.05) is 12.4 Å². The number of amides is 1. The van der Waals surface area contributed by atoms with E-state index in [-0.39, 0.29) is 5.91 Å². The minimum absolute atomic E-state index is 0.201. The Morgan fingerprint density at radius 2 is 2.05 bits per heavy atom. The molecule has 0 fully saturated rings. The van der Waals surface area contributed by atoms with Gasteiger partial charge in [0, 0.05) is 19.9 Å². The van der Waals surface area contributed by atoms with Crippen molar-refractivity contribution in [1.82, 2.24) is 9.78 Å². The first-order valence-corrected chi connectivity index (χ1v) is 7.01. The molecule has 0 unspecified atom stereocenters. The molecule has 1 amide bonds. The number of benzene rings is 1. The van der Waals surface area contributed by atoms with Gasteiger partial charge in [-0.25, -0.2) is 0 Å². The van der Waals surface area contributed by atoms with E-state index >= 15 is 0 Å². The van der Waals surface area contributed by atoms with Crippen molar-refractivity contribution in [2.45, 2.75) is 26.5 Å². The molecule has 1 N–H and O–H groups in total. The maximum atomic E-state index is 12.3. The Morgan fingerprint density at radius 3 is 2.67 bits per heavy atom. The van der Waals surface area contributed by atoms with Crippen LogP contribution in [0.5, 0.6) is 0 Å². The zero-order chi connectivity index (χ0) is 15.2. The lowest BCUT2D eigenvalue weighted by molar-refractivity contribution is -0.126. The molecular formula is C16H21N3O2. The third-order valence-electron chi connectivity index (χ3n) is 3.03. The van der Waals surface area contributed by atoms with E-state index in [9.17, 15) is 4.79 Å². The summed E-state index contributed by atoms with van der Waals surface area (Å²) >= 11 is 0. The number of nitrogens with one attached hydrogen (secondary N) is 1. The summed E-state index contributed by atoms with van der Waals surface area (Å²) in [6, 6.07) is 9.42. The van der Waals surface area contributed by atoms with Crippen LogP contribution in [0.3, 0.4) is 0 Å². The van der Waals surface area contributed by atoms with E-state index in [4.69, 9.17) is 4.74 Å². The fourth-order valence-corrected chi connectivity index (χ4v) is 2.13. The summed E-state index contributed by atoms with van der Waals surface area (Å²) in [4.78, 5) is 12.3. The second-order valence-corrected chi connectivity index (χ2v) is 5.36. The zero-order valence-corrected chi connectivity index (χ0v) is 12.6. The molecule has 0 saturated carbocycles. The number of anilines is 1. The first kappa shape index (κ1) is 15.3. The lowest BCUT2D eigenvalue weighted by Crippen LogP contribution is -2.22. The second kappa shape index (κ2) is 7.04. The summed E-state index contributed by atoms with van der Waals surface area (Å²) in [6.45, 7) is 5.06. The first-order valence-electron chi connectivity index (χ1n) is 7.01. The van der Waals surface area contributed by atoms with Crippen LogP contribution in [0.4, 0.5) is 5.69 Å². The molecule has 0 bridgehead atoms. The molecule has 0 saturated heterocycles. The largest absolute Gasteiger partial charge is 0.367 e. The summed E-state index contributed by atoms with van der Waals surface area (Å²) < 4.78 is 7.13. The normalized spacial score (nSPS) is 12.4. The number of ether oxygens (including phenoxy) is 1. The molecule has 0 radical (unpaired) electrons. The van der Waals surface area contributed by atoms with Gasteiger partial charge in [0.05, 0.1) is 11.9 Å². The molecule has 1 heterocycles. The van der Waals surface area contributed by atoms with Crippen LogP contribution in [-0.2, 0) is 16.1 Å². The van der Waals surface area contributed by atoms with Crippen molar-refractivity contribution in [3.8, 4) is 0 Å². The number of carbonyl (C=O) groups is 1. The standard InChI is InChI=1S/C16H21N3O2/c1-12(2)10-19-11-14(9-17-19)18-16(20)15(21-3)13-7-5-4-6-8-13/h4-9,11-12,15H,10H2,1-3H3,(H,18,20)/t15-/m1/s1. The first-order chi connectivity index (χ1) is 10.1. The molecule has 1 aromatic heterocycles. The SMILES string of the molecule is CO[C@@H](C(=O)Nc1cnn(CC(C)C)c1)c1ccccc1. The molecule has 2 aromatic rings. The molecule has 1 atom stereocenters. The monoisotopic (exact) mass is 287 g/mol. The maximum absolute atomic E-state index is 12.3. The molecule has 0 aliphatic heterocycles. The van der Waals surface area contributed by atoms with Crippen LogP contribution in [0.15, 0.2) is 42.7 Å². The van der Waals surface area contributed by atoms with Gasteiger partial charge in [-0.2, -0.15) is 5.10 Å². The summed E-state index contributed by atoms with van der Waals surface area (Å²) in [5, 5.41) is 7.07. The van der Waals surface area contributed by atoms with Crippen LogP contribution in [0.1, 0.15) is 25.5 Å². The van der Waals surface area contributed by atoms with Crippen LogP contribution >= 0.6 is 0 Å². The molecule has 5 heteroatoms. The van der Waals surface area contributed by atoms with Gasteiger partial charge in [-0.05, 0) is 11.5 Å². The highest BCUT2D eigenvalue weighted by atomic mass is 16.5. The summed E-state index contributed by atoms with van der Waals surface area (Å²) in [7, 11) is 1.53. The average molecular weight is 287 g/mol. The number of hydrogen-bond donors (Lipinski definition) is 1. The van der Waals surface area contributed by atoms with Crippen LogP contribution in [0, 0.1) is 5.92 Å². The van der Waals surface area contributed by atoms with Gasteiger partial charge in [-0.1, -0.05) is 44.2 Å². The molecule has 1 aromatic carbocycles.